The van der Waals surface area contributed by atoms with E-state index in [1.54, 1.807) is 24.3 Å². The molecule has 0 saturated carbocycles. The highest BCUT2D eigenvalue weighted by atomic mass is 32.2. The SMILES string of the molecule is COS(=O)(=O)c1cccc2ccccc12.N. The molecule has 2 rings (SSSR count). The van der Waals surface area contributed by atoms with E-state index < -0.39 is 10.1 Å². The van der Waals surface area contributed by atoms with E-state index in [0.717, 1.165) is 12.5 Å². The monoisotopic (exact) mass is 239 g/mol. The number of benzene rings is 2. The maximum atomic E-state index is 11.6. The predicted molar refractivity (Wildman–Crippen MR) is 63.2 cm³/mol. The molecular weight excluding hydrogens is 226 g/mol. The van der Waals surface area contributed by atoms with Crippen molar-refractivity contribution in [1.82, 2.24) is 6.15 Å². The summed E-state index contributed by atoms with van der Waals surface area (Å²) in [5.74, 6) is 0. The van der Waals surface area contributed by atoms with Crippen molar-refractivity contribution in [1.29, 1.82) is 0 Å². The minimum atomic E-state index is -3.62. The molecule has 0 aliphatic heterocycles. The zero-order valence-corrected chi connectivity index (χ0v) is 9.70. The van der Waals surface area contributed by atoms with Crippen LogP contribution in [0.15, 0.2) is 47.4 Å². The van der Waals surface area contributed by atoms with Gasteiger partial charge in [-0.05, 0) is 11.5 Å². The van der Waals surface area contributed by atoms with E-state index in [-0.39, 0.29) is 11.0 Å². The highest BCUT2D eigenvalue weighted by Gasteiger charge is 2.15. The van der Waals surface area contributed by atoms with E-state index in [4.69, 9.17) is 0 Å². The fourth-order valence-corrected chi connectivity index (χ4v) is 2.38. The van der Waals surface area contributed by atoms with Crippen molar-refractivity contribution in [3.05, 3.63) is 42.5 Å². The molecular formula is C11H13NO3S. The van der Waals surface area contributed by atoms with Gasteiger partial charge in [-0.3, -0.25) is 4.18 Å². The molecule has 0 bridgehead atoms. The number of hydrogen-bond donors (Lipinski definition) is 1. The van der Waals surface area contributed by atoms with Crippen LogP contribution in [-0.4, -0.2) is 15.5 Å². The maximum Gasteiger partial charge on any atom is 0.297 e. The summed E-state index contributed by atoms with van der Waals surface area (Å²) in [6.45, 7) is 0. The van der Waals surface area contributed by atoms with Crippen LogP contribution in [0.3, 0.4) is 0 Å². The van der Waals surface area contributed by atoms with Crippen molar-refractivity contribution in [2.45, 2.75) is 4.90 Å². The number of rotatable bonds is 2. The second-order valence-corrected chi connectivity index (χ2v) is 4.78. The van der Waals surface area contributed by atoms with Crippen LogP contribution in [0, 0.1) is 0 Å². The molecule has 0 fully saturated rings. The Morgan fingerprint density at radius 2 is 1.62 bits per heavy atom. The summed E-state index contributed by atoms with van der Waals surface area (Å²) in [6, 6.07) is 12.4. The molecule has 5 heteroatoms. The molecule has 0 saturated heterocycles. The second-order valence-electron chi connectivity index (χ2n) is 3.10. The van der Waals surface area contributed by atoms with Crippen molar-refractivity contribution in [3.63, 3.8) is 0 Å². The van der Waals surface area contributed by atoms with Gasteiger partial charge in [-0.1, -0.05) is 36.4 Å². The second kappa shape index (κ2) is 4.61. The molecule has 2 aromatic rings. The first-order valence-electron chi connectivity index (χ1n) is 4.43. The number of hydrogen-bond acceptors (Lipinski definition) is 4. The van der Waals surface area contributed by atoms with E-state index >= 15 is 0 Å². The third kappa shape index (κ3) is 2.06. The Hall–Kier alpha value is -1.43. The van der Waals surface area contributed by atoms with Gasteiger partial charge in [0.25, 0.3) is 10.1 Å². The van der Waals surface area contributed by atoms with Crippen LogP contribution < -0.4 is 6.15 Å². The highest BCUT2D eigenvalue weighted by molar-refractivity contribution is 7.87. The smallest absolute Gasteiger partial charge is 0.297 e. The molecule has 0 aliphatic rings. The molecule has 0 amide bonds. The van der Waals surface area contributed by atoms with Crippen molar-refractivity contribution in [2.24, 2.45) is 0 Å². The standard InChI is InChI=1S/C11H10O3S.H3N/c1-14-15(12,13)11-8-4-6-9-5-2-3-7-10(9)11;/h2-8H,1H3;1H3. The van der Waals surface area contributed by atoms with Gasteiger partial charge in [0.1, 0.15) is 4.90 Å². The van der Waals surface area contributed by atoms with Gasteiger partial charge in [0.05, 0.1) is 7.11 Å². The van der Waals surface area contributed by atoms with Crippen LogP contribution in [0.4, 0.5) is 0 Å². The van der Waals surface area contributed by atoms with Gasteiger partial charge in [-0.2, -0.15) is 8.42 Å². The van der Waals surface area contributed by atoms with Gasteiger partial charge in [0.2, 0.25) is 0 Å². The summed E-state index contributed by atoms with van der Waals surface area (Å²) in [5.41, 5.74) is 0. The lowest BCUT2D eigenvalue weighted by Crippen LogP contribution is -2.03. The predicted octanol–water partition coefficient (Wildman–Crippen LogP) is 2.34. The third-order valence-electron chi connectivity index (χ3n) is 2.24. The Morgan fingerprint density at radius 3 is 2.31 bits per heavy atom. The van der Waals surface area contributed by atoms with Crippen LogP contribution in [0.25, 0.3) is 10.8 Å². The summed E-state index contributed by atoms with van der Waals surface area (Å²) >= 11 is 0. The van der Waals surface area contributed by atoms with Crippen molar-refractivity contribution in [2.75, 3.05) is 7.11 Å². The molecule has 0 heterocycles. The van der Waals surface area contributed by atoms with Gasteiger partial charge < -0.3 is 6.15 Å². The molecule has 86 valence electrons. The minimum Gasteiger partial charge on any atom is -0.344 e. The zero-order valence-electron chi connectivity index (χ0n) is 8.88. The zero-order chi connectivity index (χ0) is 10.9. The highest BCUT2D eigenvalue weighted by Crippen LogP contribution is 2.23. The minimum absolute atomic E-state index is 0. The largest absolute Gasteiger partial charge is 0.344 e. The quantitative estimate of drug-likeness (QED) is 0.816. The van der Waals surface area contributed by atoms with Gasteiger partial charge >= 0.3 is 0 Å². The Morgan fingerprint density at radius 1 is 1.00 bits per heavy atom. The van der Waals surface area contributed by atoms with E-state index in [1.807, 2.05) is 18.2 Å². The third-order valence-corrected chi connectivity index (χ3v) is 3.57. The van der Waals surface area contributed by atoms with Gasteiger partial charge in [-0.25, -0.2) is 0 Å². The van der Waals surface area contributed by atoms with Crippen molar-refractivity contribution >= 4 is 20.9 Å². The Labute approximate surface area is 94.6 Å². The lowest BCUT2D eigenvalue weighted by Gasteiger charge is -2.05. The fraction of sp³-hybridized carbons (Fsp3) is 0.0909. The molecule has 3 N–H and O–H groups in total. The summed E-state index contributed by atoms with van der Waals surface area (Å²) < 4.78 is 27.7. The molecule has 16 heavy (non-hydrogen) atoms. The summed E-state index contributed by atoms with van der Waals surface area (Å²) in [7, 11) is -2.46. The Balaban J connectivity index is 0.00000128. The lowest BCUT2D eigenvalue weighted by atomic mass is 10.1. The topological polar surface area (TPSA) is 78.4 Å². The first-order chi connectivity index (χ1) is 7.15. The molecule has 0 radical (unpaired) electrons. The summed E-state index contributed by atoms with van der Waals surface area (Å²) in [4.78, 5) is 0.211. The molecule has 0 aliphatic carbocycles. The van der Waals surface area contributed by atoms with Crippen LogP contribution in [0.1, 0.15) is 0 Å². The Kier molecular flexibility index (Phi) is 3.64. The molecule has 4 nitrogen and oxygen atoms in total. The Bertz CT molecular complexity index is 588. The average molecular weight is 239 g/mol. The van der Waals surface area contributed by atoms with Crippen LogP contribution in [0.2, 0.25) is 0 Å². The van der Waals surface area contributed by atoms with Crippen LogP contribution in [0.5, 0.6) is 0 Å². The van der Waals surface area contributed by atoms with Crippen LogP contribution >= 0.6 is 0 Å². The summed E-state index contributed by atoms with van der Waals surface area (Å²) in [5, 5.41) is 1.57. The maximum absolute atomic E-state index is 11.6. The molecule has 0 atom stereocenters. The molecule has 0 spiro atoms. The molecule has 0 unspecified atom stereocenters. The van der Waals surface area contributed by atoms with E-state index in [1.165, 1.54) is 0 Å². The first-order valence-corrected chi connectivity index (χ1v) is 5.84. The van der Waals surface area contributed by atoms with Gasteiger partial charge in [0.15, 0.2) is 0 Å². The van der Waals surface area contributed by atoms with E-state index in [9.17, 15) is 8.42 Å². The van der Waals surface area contributed by atoms with Crippen molar-refractivity contribution in [3.8, 4) is 0 Å². The summed E-state index contributed by atoms with van der Waals surface area (Å²) in [6.07, 6.45) is 0. The molecule has 2 aromatic carbocycles. The lowest BCUT2D eigenvalue weighted by molar-refractivity contribution is 0.398. The van der Waals surface area contributed by atoms with Crippen molar-refractivity contribution < 1.29 is 12.6 Å². The number of fused-ring (bicyclic) bond motifs is 1. The van der Waals surface area contributed by atoms with Crippen LogP contribution in [-0.2, 0) is 14.3 Å². The van der Waals surface area contributed by atoms with E-state index in [0.29, 0.717) is 5.39 Å². The van der Waals surface area contributed by atoms with E-state index in [2.05, 4.69) is 4.18 Å². The normalized spacial score (nSPS) is 11.1. The van der Waals surface area contributed by atoms with Gasteiger partial charge in [-0.15, -0.1) is 0 Å². The molecule has 0 aromatic heterocycles. The van der Waals surface area contributed by atoms with Gasteiger partial charge in [0, 0.05) is 5.39 Å². The fourth-order valence-electron chi connectivity index (χ4n) is 1.50. The average Bonchev–Trinajstić information content (AvgIpc) is 2.28. The first kappa shape index (κ1) is 12.6.